The molecule has 0 saturated heterocycles. The molecule has 0 aromatic carbocycles. The molecule has 0 fully saturated rings. The van der Waals surface area contributed by atoms with Crippen molar-refractivity contribution in [2.75, 3.05) is 6.16 Å². The van der Waals surface area contributed by atoms with E-state index in [0.717, 1.165) is 11.9 Å². The SMILES string of the molecule is CC(C)(C)P(/C=C1/C=CC=C(CP(C(C)(C)C)C(C)(C)C)[N-]1)C(C)(C)C.[C-]#[O+].[Ru+]. The molecule has 2 nitrogen and oxygen atoms in total. The van der Waals surface area contributed by atoms with Crippen LogP contribution in [-0.4, -0.2) is 26.8 Å². The van der Waals surface area contributed by atoms with Crippen LogP contribution in [0.15, 0.2) is 35.4 Å². The Kier molecular flexibility index (Phi) is 12.7. The average Bonchev–Trinajstić information content (AvgIpc) is 2.48. The van der Waals surface area contributed by atoms with Gasteiger partial charge in [0.1, 0.15) is 0 Å². The standard InChI is InChI=1S/C23H42NP2.CO.Ru/c1-20(2,3)25(21(4,5)6)16-18-14-13-15-19(24-18)17-26(22(7,8)9)23(10,11)12;1-2;/h13-16H,17H2,1-12H3;;/q-1;;+1/b18-16-;;. The maximum absolute atomic E-state index is 7.50. The van der Waals surface area contributed by atoms with E-state index in [4.69, 9.17) is 9.97 Å². The summed E-state index contributed by atoms with van der Waals surface area (Å²) in [4.78, 5) is 0. The molecular weight excluding hydrogens is 481 g/mol. The van der Waals surface area contributed by atoms with Crippen molar-refractivity contribution in [3.8, 4) is 0 Å². The summed E-state index contributed by atoms with van der Waals surface area (Å²) in [5.41, 5.74) is 2.42. The van der Waals surface area contributed by atoms with E-state index in [1.165, 1.54) is 5.70 Å². The van der Waals surface area contributed by atoms with E-state index in [0.29, 0.717) is 10.3 Å². The van der Waals surface area contributed by atoms with Crippen molar-refractivity contribution in [2.24, 2.45) is 0 Å². The fourth-order valence-corrected chi connectivity index (χ4v) is 10.5. The van der Waals surface area contributed by atoms with Gasteiger partial charge in [0.2, 0.25) is 0 Å². The normalized spacial score (nSPS) is 16.7. The molecule has 0 spiro atoms. The molecule has 29 heavy (non-hydrogen) atoms. The first-order valence-corrected chi connectivity index (χ1v) is 12.9. The monoisotopic (exact) mass is 524 g/mol. The van der Waals surface area contributed by atoms with Crippen LogP contribution in [-0.2, 0) is 24.1 Å². The molecule has 5 heteroatoms. The van der Waals surface area contributed by atoms with Gasteiger partial charge in [-0.3, -0.25) is 0 Å². The zero-order valence-corrected chi connectivity index (χ0v) is 24.1. The van der Waals surface area contributed by atoms with Crippen LogP contribution in [0.3, 0.4) is 0 Å². The predicted octanol–water partition coefficient (Wildman–Crippen LogP) is 8.77. The van der Waals surface area contributed by atoms with Crippen LogP contribution >= 0.6 is 15.8 Å². The first-order valence-electron chi connectivity index (χ1n) is 10.0. The fourth-order valence-electron chi connectivity index (χ4n) is 3.83. The van der Waals surface area contributed by atoms with Gasteiger partial charge in [-0.05, 0) is 26.8 Å². The van der Waals surface area contributed by atoms with E-state index in [9.17, 15) is 0 Å². The second kappa shape index (κ2) is 11.7. The molecule has 1 radical (unpaired) electrons. The van der Waals surface area contributed by atoms with Gasteiger partial charge in [-0.15, -0.1) is 5.70 Å². The first kappa shape index (κ1) is 31.4. The van der Waals surface area contributed by atoms with Crippen LogP contribution in [0, 0.1) is 6.65 Å². The summed E-state index contributed by atoms with van der Waals surface area (Å²) in [7, 11) is -0.447. The van der Waals surface area contributed by atoms with Crippen molar-refractivity contribution in [3.05, 3.63) is 47.4 Å². The van der Waals surface area contributed by atoms with E-state index >= 15 is 0 Å². The molecule has 0 amide bonds. The van der Waals surface area contributed by atoms with Crippen LogP contribution in [0.2, 0.25) is 0 Å². The Morgan fingerprint density at radius 3 is 1.59 bits per heavy atom. The Labute approximate surface area is 196 Å². The quantitative estimate of drug-likeness (QED) is 0.153. The summed E-state index contributed by atoms with van der Waals surface area (Å²) in [6, 6.07) is 0. The first-order chi connectivity index (χ1) is 12.4. The van der Waals surface area contributed by atoms with Gasteiger partial charge in [-0.1, -0.05) is 123 Å². The van der Waals surface area contributed by atoms with Gasteiger partial charge in [-0.25, -0.2) is 0 Å². The summed E-state index contributed by atoms with van der Waals surface area (Å²) in [5.74, 6) is 2.47. The number of rotatable bonds is 3. The second-order valence-corrected chi connectivity index (χ2v) is 18.9. The van der Waals surface area contributed by atoms with E-state index < -0.39 is 0 Å². The minimum absolute atomic E-state index is 0. The molecule has 1 aliphatic heterocycles. The number of allylic oxidation sites excluding steroid dienone is 4. The van der Waals surface area contributed by atoms with Crippen molar-refractivity contribution in [1.29, 1.82) is 0 Å². The topological polar surface area (TPSA) is 34.0 Å². The van der Waals surface area contributed by atoms with Gasteiger partial charge < -0.3 is 5.32 Å². The van der Waals surface area contributed by atoms with Gasteiger partial charge in [-0.2, -0.15) is 5.70 Å². The van der Waals surface area contributed by atoms with Gasteiger partial charge >= 0.3 is 30.8 Å². The molecule has 1 heterocycles. The summed E-state index contributed by atoms with van der Waals surface area (Å²) < 4.78 is 7.50. The van der Waals surface area contributed by atoms with Gasteiger partial charge in [0.25, 0.3) is 0 Å². The third kappa shape index (κ3) is 10.9. The third-order valence-corrected chi connectivity index (χ3v) is 11.8. The Balaban J connectivity index is 0. The molecular formula is C24H42NOP2Ru. The van der Waals surface area contributed by atoms with Crippen LogP contribution < -0.4 is 0 Å². The van der Waals surface area contributed by atoms with Gasteiger partial charge in [0, 0.05) is 0 Å². The fraction of sp³-hybridized carbons (Fsp3) is 0.708. The molecule has 0 aromatic rings. The Morgan fingerprint density at radius 2 is 1.24 bits per heavy atom. The summed E-state index contributed by atoms with van der Waals surface area (Å²) in [6.07, 6.45) is 7.71. The number of nitrogens with zero attached hydrogens (tertiary/aromatic N) is 1. The van der Waals surface area contributed by atoms with Crippen LogP contribution in [0.5, 0.6) is 0 Å². The van der Waals surface area contributed by atoms with Gasteiger partial charge in [0.15, 0.2) is 0 Å². The minimum atomic E-state index is -0.279. The molecule has 0 bridgehead atoms. The maximum Gasteiger partial charge on any atom is 1.00 e. The Morgan fingerprint density at radius 1 is 0.828 bits per heavy atom. The van der Waals surface area contributed by atoms with Crippen molar-refractivity contribution < 1.29 is 24.1 Å². The smallest absolute Gasteiger partial charge is 1.00 e. The average molecular weight is 524 g/mol. The zero-order chi connectivity index (χ0) is 22.6. The van der Waals surface area contributed by atoms with Crippen molar-refractivity contribution >= 4 is 15.8 Å². The molecule has 0 saturated carbocycles. The van der Waals surface area contributed by atoms with Crippen molar-refractivity contribution in [1.82, 2.24) is 0 Å². The van der Waals surface area contributed by atoms with E-state index in [1.807, 2.05) is 0 Å². The molecule has 1 rings (SSSR count). The Hall–Kier alpha value is 0.243. The van der Waals surface area contributed by atoms with E-state index in [2.05, 4.69) is 114 Å². The molecule has 0 atom stereocenters. The van der Waals surface area contributed by atoms with Crippen LogP contribution in [0.1, 0.15) is 83.1 Å². The molecule has 0 aromatic heterocycles. The summed E-state index contributed by atoms with van der Waals surface area (Å²) in [6.45, 7) is 33.0. The van der Waals surface area contributed by atoms with Gasteiger partial charge in [0.05, 0.1) is 0 Å². The molecule has 0 aliphatic carbocycles. The minimum Gasteiger partial charge on any atom is 1.00 e. The molecule has 0 N–H and O–H groups in total. The molecule has 0 unspecified atom stereocenters. The molecule has 167 valence electrons. The summed E-state index contributed by atoms with van der Waals surface area (Å²) >= 11 is 0. The third-order valence-electron chi connectivity index (χ3n) is 4.47. The largest absolute Gasteiger partial charge is 1.00 e. The number of hydrogen-bond donors (Lipinski definition) is 0. The maximum atomic E-state index is 7.50. The van der Waals surface area contributed by atoms with E-state index in [-0.39, 0.29) is 45.6 Å². The van der Waals surface area contributed by atoms with Crippen molar-refractivity contribution in [2.45, 2.75) is 104 Å². The zero-order valence-electron chi connectivity index (χ0n) is 20.6. The van der Waals surface area contributed by atoms with Crippen LogP contribution in [0.25, 0.3) is 5.32 Å². The Bertz CT molecular complexity index is 592. The van der Waals surface area contributed by atoms with E-state index in [1.54, 1.807) is 0 Å². The van der Waals surface area contributed by atoms with Crippen LogP contribution in [0.4, 0.5) is 0 Å². The molecule has 1 aliphatic rings. The van der Waals surface area contributed by atoms with Crippen molar-refractivity contribution in [3.63, 3.8) is 0 Å². The second-order valence-electron chi connectivity index (χ2n) is 11.3. The summed E-state index contributed by atoms with van der Waals surface area (Å²) in [5, 5.41) is 6.32. The number of hydrogen-bond acceptors (Lipinski definition) is 0. The predicted molar refractivity (Wildman–Crippen MR) is 130 cm³/mol.